The highest BCUT2D eigenvalue weighted by Crippen LogP contribution is 2.20. The minimum absolute atomic E-state index is 0.0905. The number of aryl methyl sites for hydroxylation is 1. The van der Waals surface area contributed by atoms with E-state index in [1.165, 1.54) is 24.0 Å². The average molecular weight is 404 g/mol. The van der Waals surface area contributed by atoms with Crippen LogP contribution in [0.5, 0.6) is 0 Å². The van der Waals surface area contributed by atoms with Gasteiger partial charge < -0.3 is 5.32 Å². The predicted molar refractivity (Wildman–Crippen MR) is 111 cm³/mol. The van der Waals surface area contributed by atoms with Gasteiger partial charge in [0.15, 0.2) is 0 Å². The lowest BCUT2D eigenvalue weighted by atomic mass is 10.1. The van der Waals surface area contributed by atoms with Crippen molar-refractivity contribution < 1.29 is 13.2 Å². The molecule has 2 aromatic rings. The normalized spacial score (nSPS) is 13.0. The third kappa shape index (κ3) is 5.41. The zero-order chi connectivity index (χ0) is 20.9. The molecular weight excluding hydrogens is 374 g/mol. The molecule has 0 aliphatic carbocycles. The monoisotopic (exact) mass is 403 g/mol. The molecule has 1 N–H and O–H groups in total. The van der Waals surface area contributed by atoms with Crippen LogP contribution in [0.1, 0.15) is 29.7 Å². The van der Waals surface area contributed by atoms with Crippen LogP contribution in [-0.2, 0) is 21.4 Å². The second-order valence-corrected chi connectivity index (χ2v) is 9.29. The summed E-state index contributed by atoms with van der Waals surface area (Å²) in [6, 6.07) is 15.1. The summed E-state index contributed by atoms with van der Waals surface area (Å²) in [6.45, 7) is 4.48. The van der Waals surface area contributed by atoms with Gasteiger partial charge in [-0.25, -0.2) is 12.7 Å². The van der Waals surface area contributed by atoms with Crippen LogP contribution in [0.15, 0.2) is 53.4 Å². The van der Waals surface area contributed by atoms with Crippen LogP contribution in [0.2, 0.25) is 0 Å². The fraction of sp³-hybridized carbons (Fsp3) is 0.381. The highest BCUT2D eigenvalue weighted by molar-refractivity contribution is 7.89. The van der Waals surface area contributed by atoms with E-state index in [1.54, 1.807) is 24.3 Å². The van der Waals surface area contributed by atoms with E-state index in [2.05, 4.69) is 36.5 Å². The van der Waals surface area contributed by atoms with E-state index in [-0.39, 0.29) is 29.9 Å². The summed E-state index contributed by atoms with van der Waals surface area (Å²) in [5.41, 5.74) is 2.91. The molecule has 0 saturated carbocycles. The number of likely N-dealkylation sites (N-methyl/N-ethyl adjacent to an activating group) is 1. The van der Waals surface area contributed by atoms with Crippen molar-refractivity contribution in [2.75, 3.05) is 27.7 Å². The summed E-state index contributed by atoms with van der Waals surface area (Å²) in [5.74, 6) is -0.154. The summed E-state index contributed by atoms with van der Waals surface area (Å²) in [7, 11) is 1.32. The van der Waals surface area contributed by atoms with Gasteiger partial charge in [-0.1, -0.05) is 48.0 Å². The molecule has 2 rings (SSSR count). The van der Waals surface area contributed by atoms with Gasteiger partial charge in [0.2, 0.25) is 15.9 Å². The third-order valence-electron chi connectivity index (χ3n) is 4.82. The number of carbonyl (C=O) groups is 1. The van der Waals surface area contributed by atoms with Crippen LogP contribution >= 0.6 is 0 Å². The number of nitrogens with one attached hydrogen (secondary N) is 1. The first-order chi connectivity index (χ1) is 13.1. The molecule has 6 nitrogen and oxygen atoms in total. The maximum atomic E-state index is 12.5. The van der Waals surface area contributed by atoms with Gasteiger partial charge in [0.1, 0.15) is 0 Å². The highest BCUT2D eigenvalue weighted by Gasteiger charge is 2.21. The number of hydrogen-bond acceptors (Lipinski definition) is 4. The topological polar surface area (TPSA) is 69.7 Å². The molecule has 0 heterocycles. The molecule has 0 aliphatic rings. The van der Waals surface area contributed by atoms with Gasteiger partial charge in [-0.15, -0.1) is 0 Å². The molecule has 0 aromatic heterocycles. The number of carbonyl (C=O) groups excluding carboxylic acids is 1. The first-order valence-electron chi connectivity index (χ1n) is 9.17. The van der Waals surface area contributed by atoms with Crippen molar-refractivity contribution in [1.82, 2.24) is 14.5 Å². The summed E-state index contributed by atoms with van der Waals surface area (Å²) in [5, 5.41) is 2.83. The number of nitrogens with zero attached hydrogens (tertiary/aromatic N) is 2. The summed E-state index contributed by atoms with van der Waals surface area (Å²) in [4.78, 5) is 14.6. The van der Waals surface area contributed by atoms with Crippen LogP contribution < -0.4 is 5.32 Å². The lowest BCUT2D eigenvalue weighted by molar-refractivity contribution is -0.122. The standard InChI is InChI=1S/C21H29N3O3S/c1-16-10-12-18(13-11-16)17(2)24(5)15-21(25)22-14-19-8-6-7-9-20(19)28(26,27)23(3)4/h6-13,17H,14-15H2,1-5H3,(H,22,25). The highest BCUT2D eigenvalue weighted by atomic mass is 32.2. The Morgan fingerprint density at radius 1 is 1.04 bits per heavy atom. The van der Waals surface area contributed by atoms with Crippen LogP contribution in [-0.4, -0.2) is 51.2 Å². The SMILES string of the molecule is Cc1ccc(C(C)N(C)CC(=O)NCc2ccccc2S(=O)(=O)N(C)C)cc1. The number of benzene rings is 2. The van der Waals surface area contributed by atoms with E-state index in [4.69, 9.17) is 0 Å². The fourth-order valence-electron chi connectivity index (χ4n) is 2.81. The Bertz CT molecular complexity index is 909. The van der Waals surface area contributed by atoms with Crippen LogP contribution in [0.25, 0.3) is 0 Å². The molecule has 0 fully saturated rings. The first kappa shape index (κ1) is 22.1. The molecule has 0 aliphatic heterocycles. The van der Waals surface area contributed by atoms with Gasteiger partial charge in [0, 0.05) is 26.7 Å². The first-order valence-corrected chi connectivity index (χ1v) is 10.6. The van der Waals surface area contributed by atoms with Crippen LogP contribution in [0.3, 0.4) is 0 Å². The van der Waals surface area contributed by atoms with Gasteiger partial charge in [0.25, 0.3) is 0 Å². The minimum Gasteiger partial charge on any atom is -0.351 e. The summed E-state index contributed by atoms with van der Waals surface area (Å²) >= 11 is 0. The van der Waals surface area contributed by atoms with E-state index >= 15 is 0 Å². The van der Waals surface area contributed by atoms with Crippen molar-refractivity contribution in [2.24, 2.45) is 0 Å². The second-order valence-electron chi connectivity index (χ2n) is 7.17. The summed E-state index contributed by atoms with van der Waals surface area (Å²) < 4.78 is 26.1. The van der Waals surface area contributed by atoms with Crippen molar-refractivity contribution in [3.8, 4) is 0 Å². The molecule has 152 valence electrons. The van der Waals surface area contributed by atoms with Gasteiger partial charge in [-0.05, 0) is 38.1 Å². The van der Waals surface area contributed by atoms with Gasteiger partial charge in [0.05, 0.1) is 11.4 Å². The zero-order valence-corrected chi connectivity index (χ0v) is 18.0. The van der Waals surface area contributed by atoms with Crippen molar-refractivity contribution in [3.05, 3.63) is 65.2 Å². The van der Waals surface area contributed by atoms with Crippen molar-refractivity contribution >= 4 is 15.9 Å². The molecule has 0 bridgehead atoms. The Morgan fingerprint density at radius 3 is 2.25 bits per heavy atom. The van der Waals surface area contributed by atoms with E-state index in [0.29, 0.717) is 5.56 Å². The Morgan fingerprint density at radius 2 is 1.64 bits per heavy atom. The smallest absolute Gasteiger partial charge is 0.242 e. The van der Waals surface area contributed by atoms with E-state index in [9.17, 15) is 13.2 Å². The number of sulfonamides is 1. The fourth-order valence-corrected chi connectivity index (χ4v) is 3.93. The van der Waals surface area contributed by atoms with Crippen molar-refractivity contribution in [2.45, 2.75) is 31.3 Å². The summed E-state index contributed by atoms with van der Waals surface area (Å²) in [6.07, 6.45) is 0. The number of rotatable bonds is 8. The molecular formula is C21H29N3O3S. The lowest BCUT2D eigenvalue weighted by Crippen LogP contribution is -2.36. The number of hydrogen-bond donors (Lipinski definition) is 1. The van der Waals surface area contributed by atoms with Crippen LogP contribution in [0.4, 0.5) is 0 Å². The quantitative estimate of drug-likeness (QED) is 0.735. The predicted octanol–water partition coefficient (Wildman–Crippen LogP) is 2.55. The Labute approximate surface area is 168 Å². The molecule has 1 atom stereocenters. The van der Waals surface area contributed by atoms with E-state index in [0.717, 1.165) is 5.56 Å². The molecule has 0 saturated heterocycles. The van der Waals surface area contributed by atoms with E-state index < -0.39 is 10.0 Å². The minimum atomic E-state index is -3.56. The Hall–Kier alpha value is -2.22. The van der Waals surface area contributed by atoms with Gasteiger partial charge in [-0.2, -0.15) is 0 Å². The third-order valence-corrected chi connectivity index (χ3v) is 6.74. The lowest BCUT2D eigenvalue weighted by Gasteiger charge is -2.24. The largest absolute Gasteiger partial charge is 0.351 e. The maximum absolute atomic E-state index is 12.5. The molecule has 1 unspecified atom stereocenters. The second kappa shape index (κ2) is 9.32. The molecule has 7 heteroatoms. The Kier molecular flexibility index (Phi) is 7.35. The Balaban J connectivity index is 2.00. The number of amides is 1. The maximum Gasteiger partial charge on any atom is 0.242 e. The van der Waals surface area contributed by atoms with Crippen molar-refractivity contribution in [1.29, 1.82) is 0 Å². The van der Waals surface area contributed by atoms with E-state index in [1.807, 2.05) is 18.9 Å². The van der Waals surface area contributed by atoms with Gasteiger partial charge >= 0.3 is 0 Å². The van der Waals surface area contributed by atoms with Crippen LogP contribution in [0, 0.1) is 6.92 Å². The molecule has 1 amide bonds. The molecule has 28 heavy (non-hydrogen) atoms. The molecule has 0 radical (unpaired) electrons. The van der Waals surface area contributed by atoms with Crippen molar-refractivity contribution in [3.63, 3.8) is 0 Å². The molecule has 2 aromatic carbocycles. The zero-order valence-electron chi connectivity index (χ0n) is 17.1. The molecule has 0 spiro atoms. The van der Waals surface area contributed by atoms with Gasteiger partial charge in [-0.3, -0.25) is 9.69 Å². The average Bonchev–Trinajstić information content (AvgIpc) is 2.66.